The molecule has 0 fully saturated rings. The van der Waals surface area contributed by atoms with E-state index in [1.165, 1.54) is 17.3 Å². The van der Waals surface area contributed by atoms with E-state index in [0.29, 0.717) is 11.1 Å². The predicted octanol–water partition coefficient (Wildman–Crippen LogP) is 4.71. The zero-order chi connectivity index (χ0) is 19.2. The van der Waals surface area contributed by atoms with Crippen LogP contribution in [0.3, 0.4) is 0 Å². The summed E-state index contributed by atoms with van der Waals surface area (Å²) in [5, 5.41) is 11.6. The first-order chi connectivity index (χ1) is 13.0. The fourth-order valence-electron chi connectivity index (χ4n) is 2.75. The number of amides is 1. The highest BCUT2D eigenvalue weighted by Crippen LogP contribution is 2.24. The van der Waals surface area contributed by atoms with Gasteiger partial charge in [0.2, 0.25) is 11.8 Å². The van der Waals surface area contributed by atoms with E-state index in [2.05, 4.69) is 53.6 Å². The van der Waals surface area contributed by atoms with Crippen LogP contribution in [0.2, 0.25) is 0 Å². The fraction of sp³-hybridized carbons (Fsp3) is 0.286. The van der Waals surface area contributed by atoms with Crippen LogP contribution in [0.5, 0.6) is 0 Å². The Balaban J connectivity index is 1.56. The molecule has 3 rings (SSSR count). The van der Waals surface area contributed by atoms with Crippen LogP contribution in [-0.2, 0) is 4.79 Å². The van der Waals surface area contributed by atoms with E-state index >= 15 is 0 Å². The predicted molar refractivity (Wildman–Crippen MR) is 108 cm³/mol. The Morgan fingerprint density at radius 3 is 2.59 bits per heavy atom. The van der Waals surface area contributed by atoms with Crippen LogP contribution in [0.4, 0.5) is 0 Å². The third-order valence-electron chi connectivity index (χ3n) is 4.22. The third kappa shape index (κ3) is 5.20. The van der Waals surface area contributed by atoms with Gasteiger partial charge in [0.15, 0.2) is 0 Å². The molecule has 0 aliphatic carbocycles. The molecule has 140 valence electrons. The molecule has 0 radical (unpaired) electrons. The van der Waals surface area contributed by atoms with E-state index < -0.39 is 0 Å². The lowest BCUT2D eigenvalue weighted by molar-refractivity contribution is -0.119. The average molecular weight is 382 g/mol. The van der Waals surface area contributed by atoms with Crippen LogP contribution in [-0.4, -0.2) is 21.9 Å². The number of carbonyl (C=O) groups is 1. The fourth-order valence-corrected chi connectivity index (χ4v) is 3.32. The zero-order valence-corrected chi connectivity index (χ0v) is 16.5. The molecule has 0 bridgehead atoms. The number of rotatable bonds is 7. The maximum Gasteiger partial charge on any atom is 0.277 e. The van der Waals surface area contributed by atoms with Gasteiger partial charge < -0.3 is 9.73 Å². The van der Waals surface area contributed by atoms with Crippen LogP contribution in [0, 0.1) is 13.8 Å². The first kappa shape index (κ1) is 19.2. The van der Waals surface area contributed by atoms with Crippen LogP contribution in [0.15, 0.2) is 58.2 Å². The summed E-state index contributed by atoms with van der Waals surface area (Å²) in [4.78, 5) is 12.3. The lowest BCUT2D eigenvalue weighted by atomic mass is 10.0. The Morgan fingerprint density at radius 1 is 1.11 bits per heavy atom. The molecule has 2 aromatic carbocycles. The highest BCUT2D eigenvalue weighted by molar-refractivity contribution is 7.99. The van der Waals surface area contributed by atoms with Crippen molar-refractivity contribution in [3.63, 3.8) is 0 Å². The van der Waals surface area contributed by atoms with Gasteiger partial charge in [-0.25, -0.2) is 0 Å². The Morgan fingerprint density at radius 2 is 1.89 bits per heavy atom. The molecule has 0 saturated heterocycles. The monoisotopic (exact) mass is 381 g/mol. The maximum atomic E-state index is 12.3. The van der Waals surface area contributed by atoms with Gasteiger partial charge >= 0.3 is 0 Å². The van der Waals surface area contributed by atoms with Gasteiger partial charge in [-0.15, -0.1) is 10.2 Å². The molecule has 1 N–H and O–H groups in total. The molecule has 1 aromatic heterocycles. The Kier molecular flexibility index (Phi) is 6.29. The first-order valence-corrected chi connectivity index (χ1v) is 9.93. The molecule has 0 saturated carbocycles. The summed E-state index contributed by atoms with van der Waals surface area (Å²) in [6.45, 7) is 6.12. The van der Waals surface area contributed by atoms with Gasteiger partial charge in [0.05, 0.1) is 11.8 Å². The van der Waals surface area contributed by atoms with Gasteiger partial charge in [0.1, 0.15) is 0 Å². The van der Waals surface area contributed by atoms with E-state index in [9.17, 15) is 4.79 Å². The second-order valence-corrected chi connectivity index (χ2v) is 7.40. The highest BCUT2D eigenvalue weighted by Gasteiger charge is 2.15. The lowest BCUT2D eigenvalue weighted by Crippen LogP contribution is -2.29. The van der Waals surface area contributed by atoms with Crippen LogP contribution >= 0.6 is 11.8 Å². The molecular weight excluding hydrogens is 358 g/mol. The number of hydrogen-bond acceptors (Lipinski definition) is 5. The van der Waals surface area contributed by atoms with Crippen LogP contribution in [0.25, 0.3) is 11.5 Å². The van der Waals surface area contributed by atoms with Crippen molar-refractivity contribution >= 4 is 17.7 Å². The van der Waals surface area contributed by atoms with Crippen molar-refractivity contribution in [2.24, 2.45) is 0 Å². The smallest absolute Gasteiger partial charge is 0.277 e. The standard InChI is InChI=1S/C21H23N3O2S/c1-4-18(16-10-8-14(2)9-11-16)22-19(25)13-27-21-24-23-20(26-21)17-7-5-6-15(3)12-17/h5-12,18H,4,13H2,1-3H3,(H,22,25)/t18-/m0/s1. The molecule has 6 heteroatoms. The van der Waals surface area contributed by atoms with Crippen molar-refractivity contribution in [1.82, 2.24) is 15.5 Å². The Bertz CT molecular complexity index is 906. The number of thioether (sulfide) groups is 1. The van der Waals surface area contributed by atoms with E-state index in [4.69, 9.17) is 4.42 Å². The molecule has 0 aliphatic rings. The minimum atomic E-state index is -0.0530. The van der Waals surface area contributed by atoms with Gasteiger partial charge in [-0.05, 0) is 38.0 Å². The summed E-state index contributed by atoms with van der Waals surface area (Å²) in [5.74, 6) is 0.646. The van der Waals surface area contributed by atoms with Gasteiger partial charge in [-0.1, -0.05) is 66.2 Å². The minimum absolute atomic E-state index is 0.00393. The van der Waals surface area contributed by atoms with Crippen molar-refractivity contribution in [3.05, 3.63) is 65.2 Å². The molecule has 0 unspecified atom stereocenters. The average Bonchev–Trinajstić information content (AvgIpc) is 3.14. The minimum Gasteiger partial charge on any atom is -0.411 e. The van der Waals surface area contributed by atoms with Gasteiger partial charge in [-0.3, -0.25) is 4.79 Å². The van der Waals surface area contributed by atoms with Crippen molar-refractivity contribution in [2.75, 3.05) is 5.75 Å². The van der Waals surface area contributed by atoms with E-state index in [-0.39, 0.29) is 17.7 Å². The highest BCUT2D eigenvalue weighted by atomic mass is 32.2. The largest absolute Gasteiger partial charge is 0.411 e. The lowest BCUT2D eigenvalue weighted by Gasteiger charge is -2.17. The first-order valence-electron chi connectivity index (χ1n) is 8.94. The second-order valence-electron chi connectivity index (χ2n) is 6.47. The number of aryl methyl sites for hydroxylation is 2. The summed E-state index contributed by atoms with van der Waals surface area (Å²) >= 11 is 1.25. The van der Waals surface area contributed by atoms with Gasteiger partial charge in [-0.2, -0.15) is 0 Å². The molecule has 1 amide bonds. The number of carbonyl (C=O) groups excluding carboxylic acids is 1. The van der Waals surface area contributed by atoms with E-state index in [1.807, 2.05) is 31.2 Å². The van der Waals surface area contributed by atoms with Crippen LogP contribution < -0.4 is 5.32 Å². The Hall–Kier alpha value is -2.60. The quantitative estimate of drug-likeness (QED) is 0.600. The van der Waals surface area contributed by atoms with Gasteiger partial charge in [0.25, 0.3) is 5.22 Å². The topological polar surface area (TPSA) is 68.0 Å². The molecular formula is C21H23N3O2S. The normalized spacial score (nSPS) is 12.0. The van der Waals surface area contributed by atoms with E-state index in [1.54, 1.807) is 0 Å². The van der Waals surface area contributed by atoms with Crippen molar-refractivity contribution in [2.45, 2.75) is 38.5 Å². The maximum absolute atomic E-state index is 12.3. The SMILES string of the molecule is CC[C@H](NC(=O)CSc1nnc(-c2cccc(C)c2)o1)c1ccc(C)cc1. The molecule has 5 nitrogen and oxygen atoms in total. The number of nitrogens with one attached hydrogen (secondary N) is 1. The summed E-state index contributed by atoms with van der Waals surface area (Å²) in [5.41, 5.74) is 4.32. The Labute approximate surface area is 163 Å². The summed E-state index contributed by atoms with van der Waals surface area (Å²) in [7, 11) is 0. The third-order valence-corrected chi connectivity index (χ3v) is 5.04. The summed E-state index contributed by atoms with van der Waals surface area (Å²) in [6.07, 6.45) is 0.831. The molecule has 3 aromatic rings. The summed E-state index contributed by atoms with van der Waals surface area (Å²) < 4.78 is 5.66. The summed E-state index contributed by atoms with van der Waals surface area (Å²) in [6, 6.07) is 16.1. The second kappa shape index (κ2) is 8.86. The number of benzene rings is 2. The molecule has 27 heavy (non-hydrogen) atoms. The van der Waals surface area contributed by atoms with Crippen molar-refractivity contribution < 1.29 is 9.21 Å². The number of nitrogens with zero attached hydrogens (tertiary/aromatic N) is 2. The molecule has 0 aliphatic heterocycles. The zero-order valence-electron chi connectivity index (χ0n) is 15.7. The number of aromatic nitrogens is 2. The molecule has 1 heterocycles. The molecule has 1 atom stereocenters. The van der Waals surface area contributed by atoms with Crippen LogP contribution in [0.1, 0.15) is 36.1 Å². The van der Waals surface area contributed by atoms with Crippen molar-refractivity contribution in [3.8, 4) is 11.5 Å². The van der Waals surface area contributed by atoms with Crippen molar-refractivity contribution in [1.29, 1.82) is 0 Å². The number of hydrogen-bond donors (Lipinski definition) is 1. The van der Waals surface area contributed by atoms with Gasteiger partial charge in [0, 0.05) is 5.56 Å². The van der Waals surface area contributed by atoms with E-state index in [0.717, 1.165) is 23.1 Å². The molecule has 0 spiro atoms.